The molecule has 0 aliphatic heterocycles. The third-order valence-electron chi connectivity index (χ3n) is 3.95. The van der Waals surface area contributed by atoms with Crippen molar-refractivity contribution >= 4 is 6.09 Å². The molecule has 2 rings (SSSR count). The van der Waals surface area contributed by atoms with Gasteiger partial charge in [0.15, 0.2) is 0 Å². The maximum Gasteiger partial charge on any atom is 0.407 e. The number of amides is 1. The number of ether oxygens (including phenoxy) is 3. The zero-order valence-electron chi connectivity index (χ0n) is 13.3. The molecule has 1 aromatic carbocycles. The van der Waals surface area contributed by atoms with E-state index in [4.69, 9.17) is 14.2 Å². The summed E-state index contributed by atoms with van der Waals surface area (Å²) < 4.78 is 16.4. The van der Waals surface area contributed by atoms with E-state index in [9.17, 15) is 4.79 Å². The van der Waals surface area contributed by atoms with Gasteiger partial charge in [0.2, 0.25) is 0 Å². The van der Waals surface area contributed by atoms with Crippen molar-refractivity contribution in [2.45, 2.75) is 51.0 Å². The highest BCUT2D eigenvalue weighted by Crippen LogP contribution is 2.24. The molecule has 0 unspecified atom stereocenters. The van der Waals surface area contributed by atoms with Gasteiger partial charge in [0.25, 0.3) is 0 Å². The van der Waals surface area contributed by atoms with E-state index < -0.39 is 6.09 Å². The van der Waals surface area contributed by atoms with E-state index in [0.717, 1.165) is 24.8 Å². The van der Waals surface area contributed by atoms with Crippen LogP contribution >= 0.6 is 0 Å². The SMILES string of the molecule is CCOC(=O)N[C@@H]1C[C@@H](OCc2ccccc2)CC[C@H]1OC. The Labute approximate surface area is 131 Å². The van der Waals surface area contributed by atoms with Gasteiger partial charge in [0.05, 0.1) is 31.5 Å². The van der Waals surface area contributed by atoms with Gasteiger partial charge in [-0.25, -0.2) is 4.79 Å². The molecule has 0 saturated heterocycles. The fourth-order valence-electron chi connectivity index (χ4n) is 2.80. The molecule has 1 aromatic rings. The Morgan fingerprint density at radius 3 is 2.73 bits per heavy atom. The van der Waals surface area contributed by atoms with Gasteiger partial charge in [-0.05, 0) is 31.7 Å². The number of carbonyl (C=O) groups is 1. The molecule has 22 heavy (non-hydrogen) atoms. The van der Waals surface area contributed by atoms with Gasteiger partial charge in [-0.1, -0.05) is 30.3 Å². The molecule has 0 radical (unpaired) electrons. The molecule has 0 bridgehead atoms. The average Bonchev–Trinajstić information content (AvgIpc) is 2.54. The van der Waals surface area contributed by atoms with E-state index in [1.807, 2.05) is 18.2 Å². The quantitative estimate of drug-likeness (QED) is 0.878. The molecule has 5 nitrogen and oxygen atoms in total. The first-order valence-electron chi connectivity index (χ1n) is 7.84. The van der Waals surface area contributed by atoms with Crippen molar-refractivity contribution < 1.29 is 19.0 Å². The summed E-state index contributed by atoms with van der Waals surface area (Å²) in [6, 6.07) is 10.0. The van der Waals surface area contributed by atoms with E-state index in [1.165, 1.54) is 0 Å². The van der Waals surface area contributed by atoms with Crippen LogP contribution in [-0.4, -0.2) is 38.1 Å². The highest BCUT2D eigenvalue weighted by Gasteiger charge is 2.32. The van der Waals surface area contributed by atoms with E-state index in [0.29, 0.717) is 13.2 Å². The van der Waals surface area contributed by atoms with Crippen LogP contribution in [0.5, 0.6) is 0 Å². The van der Waals surface area contributed by atoms with Crippen molar-refractivity contribution in [3.8, 4) is 0 Å². The number of hydrogen-bond donors (Lipinski definition) is 1. The zero-order chi connectivity index (χ0) is 15.8. The van der Waals surface area contributed by atoms with Crippen LogP contribution in [0.15, 0.2) is 30.3 Å². The summed E-state index contributed by atoms with van der Waals surface area (Å²) in [7, 11) is 1.68. The van der Waals surface area contributed by atoms with E-state index in [2.05, 4.69) is 17.4 Å². The van der Waals surface area contributed by atoms with Crippen molar-refractivity contribution in [3.63, 3.8) is 0 Å². The van der Waals surface area contributed by atoms with Gasteiger partial charge < -0.3 is 19.5 Å². The molecule has 0 heterocycles. The Hall–Kier alpha value is -1.59. The summed E-state index contributed by atoms with van der Waals surface area (Å²) >= 11 is 0. The van der Waals surface area contributed by atoms with Crippen LogP contribution in [0.1, 0.15) is 31.7 Å². The summed E-state index contributed by atoms with van der Waals surface area (Å²) in [5, 5.41) is 2.88. The highest BCUT2D eigenvalue weighted by molar-refractivity contribution is 5.67. The first-order valence-corrected chi connectivity index (χ1v) is 7.84. The molecule has 1 amide bonds. The number of methoxy groups -OCH3 is 1. The molecule has 0 spiro atoms. The first kappa shape index (κ1) is 16.8. The predicted octanol–water partition coefficient (Wildman–Crippen LogP) is 2.89. The minimum atomic E-state index is -0.391. The van der Waals surface area contributed by atoms with Crippen LogP contribution in [0, 0.1) is 0 Å². The smallest absolute Gasteiger partial charge is 0.407 e. The van der Waals surface area contributed by atoms with Crippen LogP contribution in [0.4, 0.5) is 4.79 Å². The molecule has 1 aliphatic carbocycles. The largest absolute Gasteiger partial charge is 0.450 e. The van der Waals surface area contributed by atoms with Crippen molar-refractivity contribution in [2.75, 3.05) is 13.7 Å². The number of nitrogens with one attached hydrogen (secondary N) is 1. The van der Waals surface area contributed by atoms with Crippen LogP contribution < -0.4 is 5.32 Å². The normalized spacial score (nSPS) is 24.7. The molecule has 0 aromatic heterocycles. The Balaban J connectivity index is 1.85. The molecule has 3 atom stereocenters. The lowest BCUT2D eigenvalue weighted by atomic mass is 9.90. The maximum atomic E-state index is 11.6. The molecule has 1 fully saturated rings. The number of alkyl carbamates (subject to hydrolysis) is 1. The first-order chi connectivity index (χ1) is 10.7. The standard InChI is InChI=1S/C17H25NO4/c1-3-21-17(19)18-15-11-14(9-10-16(15)20-2)22-12-13-7-5-4-6-8-13/h4-8,14-16H,3,9-12H2,1-2H3,(H,18,19)/t14-,15+,16+/m0/s1. The van der Waals surface area contributed by atoms with Crippen molar-refractivity contribution in [3.05, 3.63) is 35.9 Å². The number of benzene rings is 1. The van der Waals surface area contributed by atoms with Crippen LogP contribution in [0.25, 0.3) is 0 Å². The fraction of sp³-hybridized carbons (Fsp3) is 0.588. The summed E-state index contributed by atoms with van der Waals surface area (Å²) in [4.78, 5) is 11.6. The fourth-order valence-corrected chi connectivity index (χ4v) is 2.80. The minimum Gasteiger partial charge on any atom is -0.450 e. The van der Waals surface area contributed by atoms with Gasteiger partial charge in [0, 0.05) is 7.11 Å². The summed E-state index contributed by atoms with van der Waals surface area (Å²) in [5.41, 5.74) is 1.16. The van der Waals surface area contributed by atoms with Crippen LogP contribution in [0.3, 0.4) is 0 Å². The lowest BCUT2D eigenvalue weighted by molar-refractivity contribution is -0.0402. The Morgan fingerprint density at radius 1 is 1.27 bits per heavy atom. The molecule has 1 aliphatic rings. The van der Waals surface area contributed by atoms with E-state index in [-0.39, 0.29) is 18.2 Å². The maximum absolute atomic E-state index is 11.6. The average molecular weight is 307 g/mol. The zero-order valence-corrected chi connectivity index (χ0v) is 13.3. The summed E-state index contributed by atoms with van der Waals surface area (Å²) in [5.74, 6) is 0. The monoisotopic (exact) mass is 307 g/mol. The van der Waals surface area contributed by atoms with Gasteiger partial charge in [0.1, 0.15) is 0 Å². The van der Waals surface area contributed by atoms with Gasteiger partial charge in [-0.15, -0.1) is 0 Å². The molecule has 122 valence electrons. The lowest BCUT2D eigenvalue weighted by Crippen LogP contribution is -2.49. The van der Waals surface area contributed by atoms with Crippen LogP contribution in [0.2, 0.25) is 0 Å². The number of hydrogen-bond acceptors (Lipinski definition) is 4. The van der Waals surface area contributed by atoms with E-state index in [1.54, 1.807) is 14.0 Å². The molecular formula is C17H25NO4. The van der Waals surface area contributed by atoms with Crippen molar-refractivity contribution in [2.24, 2.45) is 0 Å². The number of carbonyl (C=O) groups excluding carboxylic acids is 1. The Bertz CT molecular complexity index is 451. The third-order valence-corrected chi connectivity index (χ3v) is 3.95. The lowest BCUT2D eigenvalue weighted by Gasteiger charge is -2.35. The number of rotatable bonds is 6. The summed E-state index contributed by atoms with van der Waals surface area (Å²) in [6.45, 7) is 2.75. The van der Waals surface area contributed by atoms with Gasteiger partial charge in [-0.3, -0.25) is 0 Å². The molecule has 5 heteroatoms. The summed E-state index contributed by atoms with van der Waals surface area (Å²) in [6.07, 6.45) is 2.29. The highest BCUT2D eigenvalue weighted by atomic mass is 16.5. The van der Waals surface area contributed by atoms with Gasteiger partial charge in [-0.2, -0.15) is 0 Å². The second-order valence-corrected chi connectivity index (χ2v) is 5.48. The second kappa shape index (κ2) is 8.76. The topological polar surface area (TPSA) is 56.8 Å². The molecular weight excluding hydrogens is 282 g/mol. The van der Waals surface area contributed by atoms with E-state index >= 15 is 0 Å². The third kappa shape index (κ3) is 5.00. The van der Waals surface area contributed by atoms with Gasteiger partial charge >= 0.3 is 6.09 Å². The molecule has 1 N–H and O–H groups in total. The minimum absolute atomic E-state index is 0.0148. The van der Waals surface area contributed by atoms with Crippen molar-refractivity contribution in [1.82, 2.24) is 5.32 Å². The predicted molar refractivity (Wildman–Crippen MR) is 83.6 cm³/mol. The van der Waals surface area contributed by atoms with Crippen molar-refractivity contribution in [1.29, 1.82) is 0 Å². The Kier molecular flexibility index (Phi) is 6.68. The van der Waals surface area contributed by atoms with Crippen LogP contribution in [-0.2, 0) is 20.8 Å². The molecule has 1 saturated carbocycles. The second-order valence-electron chi connectivity index (χ2n) is 5.48. The Morgan fingerprint density at radius 2 is 2.05 bits per heavy atom.